The summed E-state index contributed by atoms with van der Waals surface area (Å²) in [4.78, 5) is 2.25. The van der Waals surface area contributed by atoms with Gasteiger partial charge in [0.15, 0.2) is 5.82 Å². The molecule has 0 radical (unpaired) electrons. The number of aromatic nitrogens is 3. The summed E-state index contributed by atoms with van der Waals surface area (Å²) in [5.41, 5.74) is 3.37. The van der Waals surface area contributed by atoms with E-state index in [-0.39, 0.29) is 5.41 Å². The van der Waals surface area contributed by atoms with Crippen LogP contribution in [0.25, 0.3) is 11.4 Å². The molecule has 4 nitrogen and oxygen atoms in total. The van der Waals surface area contributed by atoms with Crippen molar-refractivity contribution >= 4 is 17.3 Å². The van der Waals surface area contributed by atoms with Crippen LogP contribution in [0.1, 0.15) is 44.0 Å². The molecule has 146 valence electrons. The molecule has 1 aliphatic carbocycles. The zero-order valence-electron chi connectivity index (χ0n) is 16.8. The standard InChI is InChI=1S/C23H27ClN4/c1-4-5-15-27(2)18-11-12-19(20(24)16-18)21-25-26-22(28(21)3)23(13-14-23)17-9-7-6-8-10-17/h6-12,16H,4-5,13-15H2,1-3H3. The lowest BCUT2D eigenvalue weighted by Crippen LogP contribution is -2.18. The number of rotatable bonds is 7. The van der Waals surface area contributed by atoms with E-state index >= 15 is 0 Å². The molecule has 1 fully saturated rings. The topological polar surface area (TPSA) is 34.0 Å². The van der Waals surface area contributed by atoms with Gasteiger partial charge in [0, 0.05) is 31.9 Å². The minimum Gasteiger partial charge on any atom is -0.375 e. The lowest BCUT2D eigenvalue weighted by molar-refractivity contribution is 0.694. The SMILES string of the molecule is CCCCN(C)c1ccc(-c2nnc(C3(c4ccccc4)CC3)n2C)c(Cl)c1. The van der Waals surface area contributed by atoms with Crippen LogP contribution in [-0.4, -0.2) is 28.4 Å². The van der Waals surface area contributed by atoms with Crippen LogP contribution in [0.2, 0.25) is 5.02 Å². The van der Waals surface area contributed by atoms with Crippen molar-refractivity contribution in [3.8, 4) is 11.4 Å². The van der Waals surface area contributed by atoms with Crippen molar-refractivity contribution in [3.05, 3.63) is 64.9 Å². The number of hydrogen-bond donors (Lipinski definition) is 0. The van der Waals surface area contributed by atoms with Gasteiger partial charge in [-0.2, -0.15) is 0 Å². The monoisotopic (exact) mass is 394 g/mol. The van der Waals surface area contributed by atoms with Gasteiger partial charge in [-0.15, -0.1) is 10.2 Å². The van der Waals surface area contributed by atoms with Crippen LogP contribution in [0.4, 0.5) is 5.69 Å². The minimum atomic E-state index is -0.00591. The van der Waals surface area contributed by atoms with E-state index in [1.807, 2.05) is 13.1 Å². The first-order valence-corrected chi connectivity index (χ1v) is 10.4. The largest absolute Gasteiger partial charge is 0.375 e. The molecule has 5 heteroatoms. The zero-order valence-corrected chi connectivity index (χ0v) is 17.6. The molecule has 28 heavy (non-hydrogen) atoms. The van der Waals surface area contributed by atoms with Gasteiger partial charge in [0.2, 0.25) is 0 Å². The Hall–Kier alpha value is -2.33. The highest BCUT2D eigenvalue weighted by atomic mass is 35.5. The first-order valence-electron chi connectivity index (χ1n) is 10.0. The van der Waals surface area contributed by atoms with Gasteiger partial charge in [0.25, 0.3) is 0 Å². The number of hydrogen-bond acceptors (Lipinski definition) is 3. The van der Waals surface area contributed by atoms with Crippen LogP contribution < -0.4 is 4.90 Å². The fraction of sp³-hybridized carbons (Fsp3) is 0.391. The van der Waals surface area contributed by atoms with Crippen LogP contribution in [0.3, 0.4) is 0 Å². The molecule has 2 aromatic carbocycles. The van der Waals surface area contributed by atoms with Gasteiger partial charge < -0.3 is 9.47 Å². The molecular weight excluding hydrogens is 368 g/mol. The molecule has 1 saturated carbocycles. The Kier molecular flexibility index (Phi) is 5.15. The Morgan fingerprint density at radius 3 is 2.50 bits per heavy atom. The fourth-order valence-corrected chi connectivity index (χ4v) is 4.21. The molecule has 0 atom stereocenters. The molecule has 0 amide bonds. The van der Waals surface area contributed by atoms with Gasteiger partial charge in [-0.05, 0) is 43.0 Å². The van der Waals surface area contributed by atoms with Gasteiger partial charge in [-0.25, -0.2) is 0 Å². The second kappa shape index (κ2) is 7.59. The summed E-state index contributed by atoms with van der Waals surface area (Å²) in [6.07, 6.45) is 4.57. The second-order valence-electron chi connectivity index (χ2n) is 7.79. The highest BCUT2D eigenvalue weighted by Crippen LogP contribution is 2.53. The van der Waals surface area contributed by atoms with E-state index in [9.17, 15) is 0 Å². The van der Waals surface area contributed by atoms with Crippen LogP contribution >= 0.6 is 11.6 Å². The average molecular weight is 395 g/mol. The molecule has 3 aromatic rings. The Bertz CT molecular complexity index is 960. The summed E-state index contributed by atoms with van der Waals surface area (Å²) in [6, 6.07) is 16.8. The molecule has 4 rings (SSSR count). The van der Waals surface area contributed by atoms with Crippen LogP contribution in [0.5, 0.6) is 0 Å². The van der Waals surface area contributed by atoms with E-state index in [1.165, 1.54) is 18.4 Å². The Morgan fingerprint density at radius 2 is 1.86 bits per heavy atom. The van der Waals surface area contributed by atoms with Crippen molar-refractivity contribution in [1.82, 2.24) is 14.8 Å². The summed E-state index contributed by atoms with van der Waals surface area (Å²) >= 11 is 6.66. The lowest BCUT2D eigenvalue weighted by atomic mass is 9.95. The van der Waals surface area contributed by atoms with Crippen molar-refractivity contribution in [2.45, 2.75) is 38.0 Å². The highest BCUT2D eigenvalue weighted by Gasteiger charge is 2.49. The van der Waals surface area contributed by atoms with Gasteiger partial charge in [0.05, 0.1) is 10.4 Å². The van der Waals surface area contributed by atoms with E-state index in [0.29, 0.717) is 5.02 Å². The van der Waals surface area contributed by atoms with Crippen molar-refractivity contribution in [2.75, 3.05) is 18.5 Å². The molecule has 0 aliphatic heterocycles. The summed E-state index contributed by atoms with van der Waals surface area (Å²) in [5.74, 6) is 1.85. The van der Waals surface area contributed by atoms with Crippen molar-refractivity contribution in [3.63, 3.8) is 0 Å². The van der Waals surface area contributed by atoms with Crippen molar-refractivity contribution < 1.29 is 0 Å². The van der Waals surface area contributed by atoms with E-state index in [4.69, 9.17) is 11.6 Å². The van der Waals surface area contributed by atoms with Crippen LogP contribution in [-0.2, 0) is 12.5 Å². The predicted molar refractivity (Wildman–Crippen MR) is 116 cm³/mol. The molecule has 0 unspecified atom stereocenters. The maximum Gasteiger partial charge on any atom is 0.165 e. The molecule has 0 bridgehead atoms. The fourth-order valence-electron chi connectivity index (χ4n) is 3.95. The van der Waals surface area contributed by atoms with Crippen molar-refractivity contribution in [2.24, 2.45) is 7.05 Å². The van der Waals surface area contributed by atoms with Gasteiger partial charge in [-0.1, -0.05) is 55.3 Å². The second-order valence-corrected chi connectivity index (χ2v) is 8.20. The highest BCUT2D eigenvalue weighted by molar-refractivity contribution is 6.33. The Morgan fingerprint density at radius 1 is 1.11 bits per heavy atom. The number of unbranched alkanes of at least 4 members (excludes halogenated alkanes) is 1. The van der Waals surface area contributed by atoms with Crippen LogP contribution in [0, 0.1) is 0 Å². The molecule has 1 aliphatic rings. The maximum atomic E-state index is 6.66. The summed E-state index contributed by atoms with van der Waals surface area (Å²) < 4.78 is 2.11. The van der Waals surface area contributed by atoms with E-state index in [1.54, 1.807) is 0 Å². The maximum absolute atomic E-state index is 6.66. The molecule has 1 aromatic heterocycles. The van der Waals surface area contributed by atoms with Gasteiger partial charge >= 0.3 is 0 Å². The third kappa shape index (κ3) is 3.30. The molecule has 0 saturated heterocycles. The average Bonchev–Trinajstić information content (AvgIpc) is 3.44. The third-order valence-corrected chi connectivity index (χ3v) is 6.17. The van der Waals surface area contributed by atoms with Gasteiger partial charge in [0.1, 0.15) is 5.82 Å². The Balaban J connectivity index is 1.65. The van der Waals surface area contributed by atoms with Gasteiger partial charge in [-0.3, -0.25) is 0 Å². The molecule has 1 heterocycles. The third-order valence-electron chi connectivity index (χ3n) is 5.86. The first-order chi connectivity index (χ1) is 13.6. The lowest BCUT2D eigenvalue weighted by Gasteiger charge is -2.20. The summed E-state index contributed by atoms with van der Waals surface area (Å²) in [5, 5.41) is 9.82. The Labute approximate surface area is 172 Å². The summed E-state index contributed by atoms with van der Waals surface area (Å²) in [7, 11) is 4.16. The predicted octanol–water partition coefficient (Wildman–Crippen LogP) is 5.45. The quantitative estimate of drug-likeness (QED) is 0.534. The van der Waals surface area contributed by atoms with Crippen molar-refractivity contribution in [1.29, 1.82) is 0 Å². The number of benzene rings is 2. The number of anilines is 1. The first kappa shape index (κ1) is 19.0. The number of halogens is 1. The molecule has 0 N–H and O–H groups in total. The normalized spacial score (nSPS) is 14.9. The number of nitrogens with zero attached hydrogens (tertiary/aromatic N) is 4. The summed E-state index contributed by atoms with van der Waals surface area (Å²) in [6.45, 7) is 3.23. The zero-order chi connectivity index (χ0) is 19.7. The minimum absolute atomic E-state index is 0.00591. The van der Waals surface area contributed by atoms with Crippen LogP contribution in [0.15, 0.2) is 48.5 Å². The van der Waals surface area contributed by atoms with E-state index in [0.717, 1.165) is 42.3 Å². The van der Waals surface area contributed by atoms with E-state index < -0.39 is 0 Å². The molecule has 0 spiro atoms. The van der Waals surface area contributed by atoms with E-state index in [2.05, 4.69) is 76.1 Å². The molecular formula is C23H27ClN4. The smallest absolute Gasteiger partial charge is 0.165 e.